The van der Waals surface area contributed by atoms with E-state index in [0.29, 0.717) is 6.42 Å². The lowest BCUT2D eigenvalue weighted by Gasteiger charge is -2.08. The third-order valence-electron chi connectivity index (χ3n) is 2.92. The van der Waals surface area contributed by atoms with Crippen LogP contribution in [0.4, 0.5) is 5.69 Å². The minimum atomic E-state index is -0.557. The zero-order chi connectivity index (χ0) is 14.9. The maximum Gasteiger partial charge on any atom is 0.271 e. The Morgan fingerprint density at radius 2 is 2.30 bits per heavy atom. The summed E-state index contributed by atoms with van der Waals surface area (Å²) in [7, 11) is 1.81. The fraction of sp³-hybridized carbons (Fsp3) is 0.308. The Hall–Kier alpha value is -2.08. The SMILES string of the molecule is CC(Cl)OC(=N)Cc1cn(C)c2cc([N+](=O)[O-])ccc12. The summed E-state index contributed by atoms with van der Waals surface area (Å²) in [5, 5.41) is 19.4. The second kappa shape index (κ2) is 5.50. The van der Waals surface area contributed by atoms with Gasteiger partial charge in [0.05, 0.1) is 16.9 Å². The van der Waals surface area contributed by atoms with Gasteiger partial charge in [-0.15, -0.1) is 0 Å². The summed E-state index contributed by atoms with van der Waals surface area (Å²) in [5.74, 6) is 0.0679. The van der Waals surface area contributed by atoms with E-state index in [-0.39, 0.29) is 11.6 Å². The number of fused-ring (bicyclic) bond motifs is 1. The molecule has 1 aromatic heterocycles. The molecule has 0 aliphatic carbocycles. The van der Waals surface area contributed by atoms with Gasteiger partial charge in [0.15, 0.2) is 11.5 Å². The second-order valence-corrected chi connectivity index (χ2v) is 5.10. The Bertz CT molecular complexity index is 679. The number of nitro benzene ring substituents is 1. The van der Waals surface area contributed by atoms with Crippen LogP contribution in [0.5, 0.6) is 0 Å². The standard InChI is InChI=1S/C13H14ClN3O3/c1-8(14)20-13(15)5-9-7-16(2)12-6-10(17(18)19)3-4-11(9)12/h3-4,6-8,15H,5H2,1-2H3. The summed E-state index contributed by atoms with van der Waals surface area (Å²) in [5.41, 5.74) is 1.12. The van der Waals surface area contributed by atoms with E-state index in [2.05, 4.69) is 0 Å². The summed E-state index contributed by atoms with van der Waals surface area (Å²) in [6, 6.07) is 4.67. The zero-order valence-corrected chi connectivity index (χ0v) is 11.8. The molecular weight excluding hydrogens is 282 g/mol. The first-order valence-corrected chi connectivity index (χ1v) is 6.42. The highest BCUT2D eigenvalue weighted by Crippen LogP contribution is 2.25. The number of ether oxygens (including phenoxy) is 1. The van der Waals surface area contributed by atoms with Crippen molar-refractivity contribution in [1.82, 2.24) is 4.57 Å². The lowest BCUT2D eigenvalue weighted by Crippen LogP contribution is -2.11. The maximum atomic E-state index is 10.8. The van der Waals surface area contributed by atoms with Gasteiger partial charge in [-0.25, -0.2) is 0 Å². The topological polar surface area (TPSA) is 81.1 Å². The molecule has 0 saturated heterocycles. The summed E-state index contributed by atoms with van der Waals surface area (Å²) in [6.07, 6.45) is 2.14. The molecule has 1 N–H and O–H groups in total. The highest BCUT2D eigenvalue weighted by molar-refractivity contribution is 6.20. The van der Waals surface area contributed by atoms with Gasteiger partial charge in [-0.05, 0) is 18.6 Å². The fourth-order valence-electron chi connectivity index (χ4n) is 2.12. The Morgan fingerprint density at radius 1 is 1.60 bits per heavy atom. The average Bonchev–Trinajstić information content (AvgIpc) is 2.64. The maximum absolute atomic E-state index is 10.8. The number of hydrogen-bond donors (Lipinski definition) is 1. The number of halogens is 1. The first-order valence-electron chi connectivity index (χ1n) is 5.99. The second-order valence-electron chi connectivity index (χ2n) is 4.48. The number of nitro groups is 1. The lowest BCUT2D eigenvalue weighted by molar-refractivity contribution is -0.384. The van der Waals surface area contributed by atoms with Gasteiger partial charge < -0.3 is 9.30 Å². The van der Waals surface area contributed by atoms with Crippen molar-refractivity contribution in [1.29, 1.82) is 5.41 Å². The predicted octanol–water partition coefficient (Wildman–Crippen LogP) is 3.21. The molecule has 7 heteroatoms. The molecule has 0 aliphatic rings. The van der Waals surface area contributed by atoms with E-state index in [0.717, 1.165) is 16.5 Å². The van der Waals surface area contributed by atoms with E-state index in [4.69, 9.17) is 21.7 Å². The Labute approximate surface area is 120 Å². The van der Waals surface area contributed by atoms with E-state index < -0.39 is 10.5 Å². The lowest BCUT2D eigenvalue weighted by atomic mass is 10.1. The van der Waals surface area contributed by atoms with Gasteiger partial charge in [-0.1, -0.05) is 11.6 Å². The monoisotopic (exact) mass is 295 g/mol. The van der Waals surface area contributed by atoms with E-state index in [1.165, 1.54) is 12.1 Å². The van der Waals surface area contributed by atoms with Crippen LogP contribution in [0.15, 0.2) is 24.4 Å². The van der Waals surface area contributed by atoms with Crippen LogP contribution in [-0.4, -0.2) is 21.0 Å². The van der Waals surface area contributed by atoms with Gasteiger partial charge in [0.25, 0.3) is 5.69 Å². The van der Waals surface area contributed by atoms with E-state index in [9.17, 15) is 10.1 Å². The highest BCUT2D eigenvalue weighted by Gasteiger charge is 2.14. The quantitative estimate of drug-likeness (QED) is 0.309. The molecule has 106 valence electrons. The van der Waals surface area contributed by atoms with Crippen LogP contribution in [-0.2, 0) is 18.2 Å². The fourth-order valence-corrected chi connectivity index (χ4v) is 2.23. The van der Waals surface area contributed by atoms with Gasteiger partial charge in [0.1, 0.15) is 0 Å². The van der Waals surface area contributed by atoms with Gasteiger partial charge >= 0.3 is 0 Å². The molecule has 1 unspecified atom stereocenters. The molecule has 0 amide bonds. The number of nitrogens with one attached hydrogen (secondary N) is 1. The summed E-state index contributed by atoms with van der Waals surface area (Å²) < 4.78 is 6.91. The molecule has 0 fully saturated rings. The zero-order valence-electron chi connectivity index (χ0n) is 11.1. The van der Waals surface area contributed by atoms with Crippen molar-refractivity contribution in [2.45, 2.75) is 18.9 Å². The van der Waals surface area contributed by atoms with Crippen molar-refractivity contribution in [3.05, 3.63) is 40.1 Å². The number of aryl methyl sites for hydroxylation is 1. The van der Waals surface area contributed by atoms with Crippen LogP contribution in [0.1, 0.15) is 12.5 Å². The van der Waals surface area contributed by atoms with Crippen LogP contribution >= 0.6 is 11.6 Å². The van der Waals surface area contributed by atoms with Crippen LogP contribution in [0.3, 0.4) is 0 Å². The molecule has 6 nitrogen and oxygen atoms in total. The molecule has 0 aliphatic heterocycles. The van der Waals surface area contributed by atoms with Crippen molar-refractivity contribution in [2.24, 2.45) is 7.05 Å². The van der Waals surface area contributed by atoms with Crippen molar-refractivity contribution < 1.29 is 9.66 Å². The van der Waals surface area contributed by atoms with Crippen molar-refractivity contribution in [3.63, 3.8) is 0 Å². The molecule has 0 radical (unpaired) electrons. The van der Waals surface area contributed by atoms with Gasteiger partial charge in [-0.3, -0.25) is 15.5 Å². The normalized spacial score (nSPS) is 12.3. The molecule has 0 spiro atoms. The first kappa shape index (κ1) is 14.3. The van der Waals surface area contributed by atoms with Crippen molar-refractivity contribution in [3.8, 4) is 0 Å². The minimum Gasteiger partial charge on any atom is -0.462 e. The van der Waals surface area contributed by atoms with E-state index in [1.807, 2.05) is 13.2 Å². The summed E-state index contributed by atoms with van der Waals surface area (Å²) in [4.78, 5) is 10.4. The molecule has 0 saturated carbocycles. The number of benzene rings is 1. The number of alkyl halides is 1. The minimum absolute atomic E-state index is 0.0472. The highest BCUT2D eigenvalue weighted by atomic mass is 35.5. The van der Waals surface area contributed by atoms with Gasteiger partial charge in [-0.2, -0.15) is 0 Å². The molecule has 1 aromatic carbocycles. The Morgan fingerprint density at radius 3 is 2.90 bits per heavy atom. The van der Waals surface area contributed by atoms with E-state index in [1.54, 1.807) is 17.6 Å². The third-order valence-corrected chi connectivity index (χ3v) is 3.01. The molecule has 1 atom stereocenters. The van der Waals surface area contributed by atoms with Crippen LogP contribution < -0.4 is 0 Å². The van der Waals surface area contributed by atoms with Crippen LogP contribution in [0, 0.1) is 15.5 Å². The van der Waals surface area contributed by atoms with E-state index >= 15 is 0 Å². The number of hydrogen-bond acceptors (Lipinski definition) is 4. The molecule has 20 heavy (non-hydrogen) atoms. The third kappa shape index (κ3) is 2.91. The van der Waals surface area contributed by atoms with Crippen molar-refractivity contribution >= 4 is 34.1 Å². The number of rotatable bonds is 4. The molecule has 2 rings (SSSR count). The van der Waals surface area contributed by atoms with Gasteiger partial charge in [0.2, 0.25) is 0 Å². The number of aromatic nitrogens is 1. The molecular formula is C13H14ClN3O3. The Balaban J connectivity index is 2.36. The Kier molecular flexibility index (Phi) is 3.94. The molecule has 2 aromatic rings. The van der Waals surface area contributed by atoms with Crippen LogP contribution in [0.25, 0.3) is 10.9 Å². The first-order chi connectivity index (χ1) is 9.38. The largest absolute Gasteiger partial charge is 0.462 e. The number of non-ortho nitro benzene ring substituents is 1. The number of nitrogens with zero attached hydrogens (tertiary/aromatic N) is 2. The molecule has 0 bridgehead atoms. The van der Waals surface area contributed by atoms with Crippen LogP contribution in [0.2, 0.25) is 0 Å². The predicted molar refractivity (Wildman–Crippen MR) is 77.4 cm³/mol. The molecule has 1 heterocycles. The average molecular weight is 296 g/mol. The smallest absolute Gasteiger partial charge is 0.271 e. The summed E-state index contributed by atoms with van der Waals surface area (Å²) in [6.45, 7) is 1.64. The van der Waals surface area contributed by atoms with Gasteiger partial charge in [0, 0.05) is 30.8 Å². The summed E-state index contributed by atoms with van der Waals surface area (Å²) >= 11 is 5.67. The van der Waals surface area contributed by atoms with Crippen molar-refractivity contribution in [2.75, 3.05) is 0 Å².